The van der Waals surface area contributed by atoms with Crippen LogP contribution in [0.4, 0.5) is 17.2 Å². The SMILES string of the molecule is CNS(=O)c1ccc(N(C)Cc2cccc(OC)c2)c(Nc2ncnc3nc[nH]c23)c1. The van der Waals surface area contributed by atoms with Gasteiger partial charge in [0.25, 0.3) is 0 Å². The van der Waals surface area contributed by atoms with E-state index in [1.807, 2.05) is 43.4 Å². The number of anilines is 3. The summed E-state index contributed by atoms with van der Waals surface area (Å²) in [6, 6.07) is 13.6. The summed E-state index contributed by atoms with van der Waals surface area (Å²) >= 11 is 0. The third-order valence-corrected chi connectivity index (χ3v) is 5.86. The molecular weight excluding hydrogens is 414 g/mol. The molecule has 2 heterocycles. The van der Waals surface area contributed by atoms with Gasteiger partial charge in [-0.25, -0.2) is 23.9 Å². The van der Waals surface area contributed by atoms with E-state index in [0.29, 0.717) is 28.4 Å². The Bertz CT molecular complexity index is 1230. The van der Waals surface area contributed by atoms with E-state index in [-0.39, 0.29) is 0 Å². The van der Waals surface area contributed by atoms with Crippen molar-refractivity contribution in [3.8, 4) is 5.75 Å². The van der Waals surface area contributed by atoms with E-state index < -0.39 is 11.0 Å². The highest BCUT2D eigenvalue weighted by molar-refractivity contribution is 7.83. The van der Waals surface area contributed by atoms with Gasteiger partial charge in [-0.15, -0.1) is 0 Å². The first-order valence-corrected chi connectivity index (χ1v) is 10.7. The minimum atomic E-state index is -1.32. The Morgan fingerprint density at radius 1 is 1.16 bits per heavy atom. The van der Waals surface area contributed by atoms with Crippen LogP contribution >= 0.6 is 0 Å². The molecule has 0 radical (unpaired) electrons. The van der Waals surface area contributed by atoms with Gasteiger partial charge in [0, 0.05) is 13.6 Å². The Balaban J connectivity index is 1.71. The van der Waals surface area contributed by atoms with Crippen molar-refractivity contribution in [3.63, 3.8) is 0 Å². The average Bonchev–Trinajstić information content (AvgIpc) is 3.28. The minimum absolute atomic E-state index is 0.568. The van der Waals surface area contributed by atoms with E-state index >= 15 is 0 Å². The van der Waals surface area contributed by atoms with Gasteiger partial charge in [-0.3, -0.25) is 0 Å². The number of fused-ring (bicyclic) bond motifs is 1. The highest BCUT2D eigenvalue weighted by atomic mass is 32.2. The average molecular weight is 438 g/mol. The fourth-order valence-electron chi connectivity index (χ4n) is 3.30. The first-order chi connectivity index (χ1) is 15.1. The molecule has 10 heteroatoms. The lowest BCUT2D eigenvalue weighted by molar-refractivity contribution is 0.414. The van der Waals surface area contributed by atoms with Crippen molar-refractivity contribution in [2.75, 3.05) is 31.4 Å². The third kappa shape index (κ3) is 4.49. The van der Waals surface area contributed by atoms with E-state index in [0.717, 1.165) is 22.7 Å². The lowest BCUT2D eigenvalue weighted by Crippen LogP contribution is -2.18. The van der Waals surface area contributed by atoms with E-state index in [1.165, 1.54) is 6.33 Å². The van der Waals surface area contributed by atoms with Crippen LogP contribution in [0.1, 0.15) is 5.56 Å². The maximum Gasteiger partial charge on any atom is 0.182 e. The molecule has 0 aliphatic heterocycles. The number of imidazole rings is 1. The number of methoxy groups -OCH3 is 1. The number of hydrogen-bond acceptors (Lipinski definition) is 7. The molecule has 4 aromatic rings. The predicted octanol–water partition coefficient (Wildman–Crippen LogP) is 2.98. The number of rotatable bonds is 8. The monoisotopic (exact) mass is 437 g/mol. The number of ether oxygens (including phenoxy) is 1. The Labute approximate surface area is 182 Å². The Morgan fingerprint density at radius 3 is 2.84 bits per heavy atom. The van der Waals surface area contributed by atoms with Crippen molar-refractivity contribution < 1.29 is 8.95 Å². The van der Waals surface area contributed by atoms with Crippen molar-refractivity contribution in [1.82, 2.24) is 24.7 Å². The minimum Gasteiger partial charge on any atom is -0.497 e. The zero-order valence-electron chi connectivity index (χ0n) is 17.4. The molecule has 0 amide bonds. The van der Waals surface area contributed by atoms with Gasteiger partial charge < -0.3 is 19.9 Å². The molecule has 2 aromatic heterocycles. The fourth-order valence-corrected chi connectivity index (χ4v) is 3.95. The Morgan fingerprint density at radius 2 is 2.03 bits per heavy atom. The van der Waals surface area contributed by atoms with Crippen LogP contribution in [-0.4, -0.2) is 45.3 Å². The molecule has 0 aliphatic carbocycles. The number of nitrogens with zero attached hydrogens (tertiary/aromatic N) is 4. The summed E-state index contributed by atoms with van der Waals surface area (Å²) in [4.78, 5) is 18.5. The summed E-state index contributed by atoms with van der Waals surface area (Å²) in [6.45, 7) is 0.656. The highest BCUT2D eigenvalue weighted by Gasteiger charge is 2.15. The molecule has 0 spiro atoms. The van der Waals surface area contributed by atoms with Crippen molar-refractivity contribution in [1.29, 1.82) is 0 Å². The van der Waals surface area contributed by atoms with Crippen LogP contribution in [0, 0.1) is 0 Å². The van der Waals surface area contributed by atoms with Crippen LogP contribution in [-0.2, 0) is 17.5 Å². The van der Waals surface area contributed by atoms with Gasteiger partial charge >= 0.3 is 0 Å². The van der Waals surface area contributed by atoms with Gasteiger partial charge in [0.1, 0.15) is 28.6 Å². The molecule has 0 bridgehead atoms. The van der Waals surface area contributed by atoms with Crippen LogP contribution in [0.15, 0.2) is 60.0 Å². The molecule has 1 unspecified atom stereocenters. The number of aromatic amines is 1. The van der Waals surface area contributed by atoms with Gasteiger partial charge in [0.05, 0.1) is 29.7 Å². The molecule has 160 valence electrons. The zero-order valence-corrected chi connectivity index (χ0v) is 18.2. The van der Waals surface area contributed by atoms with Crippen molar-refractivity contribution >= 4 is 39.3 Å². The lowest BCUT2D eigenvalue weighted by atomic mass is 10.1. The number of benzene rings is 2. The fraction of sp³-hybridized carbons (Fsp3) is 0.190. The van der Waals surface area contributed by atoms with Gasteiger partial charge in [-0.05, 0) is 42.9 Å². The quantitative estimate of drug-likeness (QED) is 0.389. The summed E-state index contributed by atoms with van der Waals surface area (Å²) in [7, 11) is 3.99. The second-order valence-corrected chi connectivity index (χ2v) is 8.22. The van der Waals surface area contributed by atoms with Crippen LogP contribution in [0.25, 0.3) is 11.2 Å². The van der Waals surface area contributed by atoms with E-state index in [9.17, 15) is 4.21 Å². The highest BCUT2D eigenvalue weighted by Crippen LogP contribution is 2.32. The van der Waals surface area contributed by atoms with E-state index in [2.05, 4.69) is 40.9 Å². The summed E-state index contributed by atoms with van der Waals surface area (Å²) < 4.78 is 20.4. The maximum absolute atomic E-state index is 12.3. The normalized spacial score (nSPS) is 12.0. The van der Waals surface area contributed by atoms with Crippen LogP contribution in [0.5, 0.6) is 5.75 Å². The van der Waals surface area contributed by atoms with E-state index in [4.69, 9.17) is 4.74 Å². The summed E-state index contributed by atoms with van der Waals surface area (Å²) in [5, 5.41) is 3.36. The standard InChI is InChI=1S/C21H23N7O2S/c1-22-31(29)16-7-8-18(28(2)11-14-5-4-6-15(9-14)30-3)17(10-16)27-21-19-20(24-12-23-19)25-13-26-21/h4-10,12-13,22H,11H2,1-3H3,(H2,23,24,25,26,27). The van der Waals surface area contributed by atoms with Gasteiger partial charge in [0.15, 0.2) is 11.5 Å². The topological polar surface area (TPSA) is 108 Å². The smallest absolute Gasteiger partial charge is 0.182 e. The number of H-pyrrole nitrogens is 1. The molecule has 0 aliphatic rings. The first-order valence-electron chi connectivity index (χ1n) is 9.57. The van der Waals surface area contributed by atoms with Crippen LogP contribution < -0.4 is 19.7 Å². The van der Waals surface area contributed by atoms with Crippen LogP contribution in [0.2, 0.25) is 0 Å². The Kier molecular flexibility index (Phi) is 6.10. The van der Waals surface area contributed by atoms with Crippen molar-refractivity contribution in [3.05, 3.63) is 60.7 Å². The molecule has 31 heavy (non-hydrogen) atoms. The zero-order chi connectivity index (χ0) is 21.8. The molecule has 9 nitrogen and oxygen atoms in total. The molecule has 0 saturated carbocycles. The van der Waals surface area contributed by atoms with Crippen LogP contribution in [0.3, 0.4) is 0 Å². The summed E-state index contributed by atoms with van der Waals surface area (Å²) in [5.74, 6) is 1.40. The second kappa shape index (κ2) is 9.11. The maximum atomic E-state index is 12.3. The molecule has 0 fully saturated rings. The number of hydrogen-bond donors (Lipinski definition) is 3. The number of aromatic nitrogens is 4. The molecule has 2 aromatic carbocycles. The van der Waals surface area contributed by atoms with Crippen molar-refractivity contribution in [2.24, 2.45) is 0 Å². The van der Waals surface area contributed by atoms with Gasteiger partial charge in [-0.2, -0.15) is 0 Å². The van der Waals surface area contributed by atoms with E-state index in [1.54, 1.807) is 20.5 Å². The summed E-state index contributed by atoms with van der Waals surface area (Å²) in [5.41, 5.74) is 4.06. The molecule has 0 saturated heterocycles. The number of nitrogens with one attached hydrogen (secondary N) is 3. The molecule has 1 atom stereocenters. The third-order valence-electron chi connectivity index (χ3n) is 4.81. The molecular formula is C21H23N7O2S. The molecule has 3 N–H and O–H groups in total. The van der Waals surface area contributed by atoms with Gasteiger partial charge in [0.2, 0.25) is 0 Å². The predicted molar refractivity (Wildman–Crippen MR) is 122 cm³/mol. The van der Waals surface area contributed by atoms with Crippen molar-refractivity contribution in [2.45, 2.75) is 11.4 Å². The van der Waals surface area contributed by atoms with Gasteiger partial charge in [-0.1, -0.05) is 12.1 Å². The first kappa shape index (κ1) is 20.8. The Hall–Kier alpha value is -3.50. The largest absolute Gasteiger partial charge is 0.497 e. The summed E-state index contributed by atoms with van der Waals surface area (Å²) in [6.07, 6.45) is 3.04. The molecule has 4 rings (SSSR count). The second-order valence-electron chi connectivity index (χ2n) is 6.81. The lowest BCUT2D eigenvalue weighted by Gasteiger charge is -2.24.